The predicted molar refractivity (Wildman–Crippen MR) is 88.1 cm³/mol. The van der Waals surface area contributed by atoms with Crippen molar-refractivity contribution in [2.75, 3.05) is 11.4 Å². The van der Waals surface area contributed by atoms with E-state index in [9.17, 15) is 9.59 Å². The molecule has 1 aromatic heterocycles. The normalized spacial score (nSPS) is 13.5. The lowest BCUT2D eigenvalue weighted by Crippen LogP contribution is -2.49. The van der Waals surface area contributed by atoms with Crippen LogP contribution in [0.4, 0.5) is 10.5 Å². The molecule has 1 fully saturated rings. The predicted octanol–water partition coefficient (Wildman–Crippen LogP) is 3.38. The first-order valence-corrected chi connectivity index (χ1v) is 7.45. The number of aromatic nitrogens is 1. The fourth-order valence-corrected chi connectivity index (χ4v) is 1.80. The maximum atomic E-state index is 11.8. The molecule has 1 aromatic rings. The van der Waals surface area contributed by atoms with E-state index in [1.165, 1.54) is 11.3 Å². The summed E-state index contributed by atoms with van der Waals surface area (Å²) in [4.78, 5) is 28.7. The van der Waals surface area contributed by atoms with E-state index in [0.717, 1.165) is 5.56 Å². The smallest absolute Gasteiger partial charge is 0.292 e. The number of rotatable bonds is 1. The van der Waals surface area contributed by atoms with Gasteiger partial charge in [0.05, 0.1) is 11.9 Å². The van der Waals surface area contributed by atoms with Gasteiger partial charge in [0.2, 0.25) is 5.91 Å². The average Bonchev–Trinajstić information content (AvgIpc) is 2.48. The van der Waals surface area contributed by atoms with Crippen molar-refractivity contribution in [2.24, 2.45) is 0 Å². The Hall–Kier alpha value is -2.43. The molecule has 2 rings (SSSR count). The largest absolute Gasteiger partial charge is 0.328 e. The highest BCUT2D eigenvalue weighted by Crippen LogP contribution is 2.18. The summed E-state index contributed by atoms with van der Waals surface area (Å²) < 4.78 is 0. The molecule has 3 amide bonds. The fourth-order valence-electron chi connectivity index (χ4n) is 1.80. The van der Waals surface area contributed by atoms with E-state index in [4.69, 9.17) is 0 Å². The van der Waals surface area contributed by atoms with E-state index in [1.807, 2.05) is 31.2 Å². The Morgan fingerprint density at radius 3 is 2.55 bits per heavy atom. The van der Waals surface area contributed by atoms with Gasteiger partial charge in [-0.1, -0.05) is 44.5 Å². The number of carbonyl (C=O) groups excluding carboxylic acids is 2. The first-order chi connectivity index (χ1) is 10.6. The second-order valence-electron chi connectivity index (χ2n) is 4.89. The van der Waals surface area contributed by atoms with E-state index < -0.39 is 6.03 Å². The van der Waals surface area contributed by atoms with Gasteiger partial charge >= 0.3 is 6.03 Å². The van der Waals surface area contributed by atoms with Gasteiger partial charge in [-0.05, 0) is 18.6 Å². The molecule has 1 saturated heterocycles. The summed E-state index contributed by atoms with van der Waals surface area (Å²) in [5, 5.41) is 2.31. The lowest BCUT2D eigenvalue weighted by Gasteiger charge is -2.26. The summed E-state index contributed by atoms with van der Waals surface area (Å²) in [7, 11) is 0. The third kappa shape index (κ3) is 5.52. The van der Waals surface area contributed by atoms with Crippen molar-refractivity contribution in [3.63, 3.8) is 0 Å². The van der Waals surface area contributed by atoms with Gasteiger partial charge in [-0.3, -0.25) is 20.0 Å². The van der Waals surface area contributed by atoms with Crippen LogP contribution in [0.15, 0.2) is 42.7 Å². The van der Waals surface area contributed by atoms with Crippen LogP contribution in [0.2, 0.25) is 0 Å². The van der Waals surface area contributed by atoms with Crippen molar-refractivity contribution < 1.29 is 9.59 Å². The highest BCUT2D eigenvalue weighted by molar-refractivity contribution is 6.05. The van der Waals surface area contributed by atoms with Crippen LogP contribution in [0, 0.1) is 6.92 Å². The molecular formula is C17H23N3O2. The quantitative estimate of drug-likeness (QED) is 0.865. The van der Waals surface area contributed by atoms with Gasteiger partial charge in [-0.25, -0.2) is 4.79 Å². The molecule has 0 saturated carbocycles. The fraction of sp³-hybridized carbons (Fsp3) is 0.353. The molecule has 0 bridgehead atoms. The maximum Gasteiger partial charge on any atom is 0.328 e. The molecule has 0 aliphatic carbocycles. The molecule has 22 heavy (non-hydrogen) atoms. The summed E-state index contributed by atoms with van der Waals surface area (Å²) >= 11 is 0. The number of urea groups is 1. The molecule has 1 N–H and O–H groups in total. The van der Waals surface area contributed by atoms with E-state index in [0.29, 0.717) is 18.7 Å². The van der Waals surface area contributed by atoms with Crippen LogP contribution in [0.3, 0.4) is 0 Å². The van der Waals surface area contributed by atoms with Crippen molar-refractivity contribution in [3.8, 4) is 0 Å². The highest BCUT2D eigenvalue weighted by Gasteiger charge is 2.24. The molecule has 1 aliphatic rings. The van der Waals surface area contributed by atoms with Crippen LogP contribution in [0.25, 0.3) is 0 Å². The lowest BCUT2D eigenvalue weighted by molar-refractivity contribution is -0.120. The lowest BCUT2D eigenvalue weighted by atomic mass is 10.2. The van der Waals surface area contributed by atoms with Crippen molar-refractivity contribution in [1.82, 2.24) is 10.3 Å². The topological polar surface area (TPSA) is 62.3 Å². The van der Waals surface area contributed by atoms with Crippen LogP contribution in [-0.2, 0) is 4.79 Å². The molecule has 0 spiro atoms. The molecule has 1 aliphatic heterocycles. The number of anilines is 1. The van der Waals surface area contributed by atoms with Crippen molar-refractivity contribution in [2.45, 2.75) is 33.6 Å². The van der Waals surface area contributed by atoms with E-state index in [-0.39, 0.29) is 5.91 Å². The minimum Gasteiger partial charge on any atom is -0.292 e. The van der Waals surface area contributed by atoms with Gasteiger partial charge < -0.3 is 0 Å². The number of imide groups is 1. The van der Waals surface area contributed by atoms with Gasteiger partial charge in [-0.2, -0.15) is 0 Å². The van der Waals surface area contributed by atoms with Crippen molar-refractivity contribution in [3.05, 3.63) is 48.3 Å². The number of nitrogens with zero attached hydrogens (tertiary/aromatic N) is 2. The van der Waals surface area contributed by atoms with Gasteiger partial charge in [0.25, 0.3) is 0 Å². The van der Waals surface area contributed by atoms with Gasteiger partial charge in [0, 0.05) is 19.2 Å². The van der Waals surface area contributed by atoms with E-state index >= 15 is 0 Å². The number of carbonyl (C=O) groups is 2. The van der Waals surface area contributed by atoms with Gasteiger partial charge in [-0.15, -0.1) is 0 Å². The number of nitrogens with one attached hydrogen (secondary N) is 1. The van der Waals surface area contributed by atoms with Gasteiger partial charge in [0.15, 0.2) is 0 Å². The van der Waals surface area contributed by atoms with Crippen LogP contribution in [0.5, 0.6) is 0 Å². The Morgan fingerprint density at radius 2 is 1.86 bits per heavy atom. The second kappa shape index (κ2) is 9.50. The maximum absolute atomic E-state index is 11.8. The molecule has 0 aromatic carbocycles. The first-order valence-electron chi connectivity index (χ1n) is 7.45. The molecule has 5 nitrogen and oxygen atoms in total. The Kier molecular flexibility index (Phi) is 7.61. The Balaban J connectivity index is 0.000000745. The molecule has 2 heterocycles. The van der Waals surface area contributed by atoms with Crippen LogP contribution in [-0.4, -0.2) is 23.5 Å². The van der Waals surface area contributed by atoms with E-state index in [1.54, 1.807) is 18.5 Å². The van der Waals surface area contributed by atoms with Crippen LogP contribution >= 0.6 is 0 Å². The van der Waals surface area contributed by atoms with Crippen LogP contribution in [0.1, 0.15) is 32.3 Å². The minimum atomic E-state index is -0.401. The summed E-state index contributed by atoms with van der Waals surface area (Å²) in [5.41, 5.74) is 1.61. The zero-order valence-electron chi connectivity index (χ0n) is 13.4. The molecular weight excluding hydrogens is 278 g/mol. The van der Waals surface area contributed by atoms with Crippen molar-refractivity contribution >= 4 is 17.6 Å². The Morgan fingerprint density at radius 1 is 1.18 bits per heavy atom. The first kappa shape index (κ1) is 17.6. The van der Waals surface area contributed by atoms with Gasteiger partial charge in [0.1, 0.15) is 0 Å². The summed E-state index contributed by atoms with van der Waals surface area (Å²) in [6.45, 7) is 6.53. The average molecular weight is 301 g/mol. The van der Waals surface area contributed by atoms with Crippen LogP contribution < -0.4 is 10.2 Å². The summed E-state index contributed by atoms with van der Waals surface area (Å²) in [6.07, 6.45) is 4.83. The molecule has 5 heteroatoms. The number of amides is 3. The minimum absolute atomic E-state index is 0.241. The summed E-state index contributed by atoms with van der Waals surface area (Å²) in [5.74, 6) is -0.241. The van der Waals surface area contributed by atoms with Crippen molar-refractivity contribution in [1.29, 1.82) is 0 Å². The zero-order chi connectivity index (χ0) is 16.4. The third-order valence-electron chi connectivity index (χ3n) is 2.80. The number of hydrogen-bond acceptors (Lipinski definition) is 3. The molecule has 0 atom stereocenters. The number of hydrogen-bond donors (Lipinski definition) is 1. The number of aryl methyl sites for hydroxylation is 1. The molecule has 0 unspecified atom stereocenters. The highest BCUT2D eigenvalue weighted by atomic mass is 16.2. The Bertz CT molecular complexity index is 571. The summed E-state index contributed by atoms with van der Waals surface area (Å²) in [6, 6.07) is 8.96. The third-order valence-corrected chi connectivity index (χ3v) is 2.80. The Labute approximate surface area is 131 Å². The zero-order valence-corrected chi connectivity index (χ0v) is 13.4. The molecule has 0 radical (unpaired) electrons. The molecule has 118 valence electrons. The second-order valence-corrected chi connectivity index (χ2v) is 4.89. The SMILES string of the molecule is CCC.Cc1ccccccncc1N1CCC(=O)NC1=O. The van der Waals surface area contributed by atoms with E-state index in [2.05, 4.69) is 24.1 Å². The standard InChI is InChI=1S/C14H15N3O2.C3H8/c1-11-6-4-2-3-5-8-15-10-12(11)17-9-7-13(18)16-14(17)19;1-3-2/h2-6,8,10H,7,9H2,1H3,(H,16,18,19);3H2,1-2H3. The monoisotopic (exact) mass is 301 g/mol.